The number of rotatable bonds is 9. The molecule has 0 aliphatic heterocycles. The molecule has 0 fully saturated rings. The Bertz CT molecular complexity index is 1020. The van der Waals surface area contributed by atoms with Gasteiger partial charge >= 0.3 is 0 Å². The van der Waals surface area contributed by atoms with E-state index in [1.807, 2.05) is 6.33 Å². The minimum atomic E-state index is 0.975. The number of hydrogen-bond donors (Lipinski definition) is 0. The molecule has 30 heavy (non-hydrogen) atoms. The van der Waals surface area contributed by atoms with Crippen LogP contribution in [-0.4, -0.2) is 28.0 Å². The van der Waals surface area contributed by atoms with Gasteiger partial charge in [0.25, 0.3) is 0 Å². The lowest BCUT2D eigenvalue weighted by molar-refractivity contribution is 0.315. The van der Waals surface area contributed by atoms with Crippen molar-refractivity contribution < 1.29 is 0 Å². The fourth-order valence-electron chi connectivity index (χ4n) is 3.90. The van der Waals surface area contributed by atoms with Crippen molar-refractivity contribution in [3.05, 3.63) is 103 Å². The molecule has 0 aliphatic rings. The van der Waals surface area contributed by atoms with Gasteiger partial charge in [0.15, 0.2) is 0 Å². The number of unbranched alkanes of at least 4 members (excludes halogenated alkanes) is 1. The largest absolute Gasteiger partial charge is 0.330 e. The second kappa shape index (κ2) is 10.0. The van der Waals surface area contributed by atoms with E-state index < -0.39 is 0 Å². The van der Waals surface area contributed by atoms with E-state index in [0.29, 0.717) is 0 Å². The van der Waals surface area contributed by atoms with Crippen LogP contribution in [-0.2, 0) is 13.1 Å². The highest BCUT2D eigenvalue weighted by Gasteiger charge is 2.14. The highest BCUT2D eigenvalue weighted by atomic mass is 15.1. The molecule has 0 bridgehead atoms. The third kappa shape index (κ3) is 5.05. The van der Waals surface area contributed by atoms with Crippen LogP contribution in [0.4, 0.5) is 0 Å². The van der Waals surface area contributed by atoms with E-state index in [-0.39, 0.29) is 0 Å². The molecule has 0 saturated carbocycles. The smallest absolute Gasteiger partial charge is 0.0963 e. The first kappa shape index (κ1) is 20.1. The highest BCUT2D eigenvalue weighted by molar-refractivity contribution is 5.78. The molecule has 3 heteroatoms. The minimum Gasteiger partial charge on any atom is -0.330 e. The average molecular weight is 396 g/mol. The quantitative estimate of drug-likeness (QED) is 0.318. The standard InChI is InChI=1S/C27H29N3/c1-29(21-23-13-5-2-6-14-23)19-11-12-20-30-22-28-26(24-15-7-3-8-16-24)27(30)25-17-9-4-10-18-25/h2-10,13-18,22H,11-12,19-21H2,1H3. The fourth-order valence-corrected chi connectivity index (χ4v) is 3.90. The molecule has 4 aromatic rings. The van der Waals surface area contributed by atoms with Gasteiger partial charge in [0.05, 0.1) is 17.7 Å². The topological polar surface area (TPSA) is 21.1 Å². The summed E-state index contributed by atoms with van der Waals surface area (Å²) in [5, 5.41) is 0. The summed E-state index contributed by atoms with van der Waals surface area (Å²) in [6.07, 6.45) is 4.29. The third-order valence-corrected chi connectivity index (χ3v) is 5.42. The van der Waals surface area contributed by atoms with Gasteiger partial charge in [0.1, 0.15) is 0 Å². The molecule has 3 nitrogen and oxygen atoms in total. The highest BCUT2D eigenvalue weighted by Crippen LogP contribution is 2.31. The van der Waals surface area contributed by atoms with Crippen LogP contribution >= 0.6 is 0 Å². The Labute approximate surface area is 179 Å². The van der Waals surface area contributed by atoms with Crippen molar-refractivity contribution in [2.24, 2.45) is 0 Å². The lowest BCUT2D eigenvalue weighted by Crippen LogP contribution is -2.19. The number of aryl methyl sites for hydroxylation is 1. The van der Waals surface area contributed by atoms with Gasteiger partial charge < -0.3 is 9.47 Å². The van der Waals surface area contributed by atoms with Crippen molar-refractivity contribution in [2.75, 3.05) is 13.6 Å². The Hall–Kier alpha value is -3.17. The predicted octanol–water partition coefficient (Wildman–Crippen LogP) is 6.13. The molecule has 152 valence electrons. The van der Waals surface area contributed by atoms with Gasteiger partial charge in [0, 0.05) is 24.2 Å². The van der Waals surface area contributed by atoms with Crippen LogP contribution in [0.2, 0.25) is 0 Å². The van der Waals surface area contributed by atoms with Crippen LogP contribution in [0.1, 0.15) is 18.4 Å². The number of imidazole rings is 1. The Morgan fingerprint density at radius 3 is 2.00 bits per heavy atom. The molecule has 4 rings (SSSR count). The Balaban J connectivity index is 1.42. The molecular formula is C27H29N3. The first-order valence-corrected chi connectivity index (χ1v) is 10.7. The van der Waals surface area contributed by atoms with E-state index in [1.54, 1.807) is 0 Å². The number of nitrogens with zero attached hydrogens (tertiary/aromatic N) is 3. The fraction of sp³-hybridized carbons (Fsp3) is 0.222. The van der Waals surface area contributed by atoms with E-state index in [1.165, 1.54) is 16.8 Å². The summed E-state index contributed by atoms with van der Waals surface area (Å²) < 4.78 is 2.31. The van der Waals surface area contributed by atoms with E-state index in [2.05, 4.69) is 108 Å². The summed E-state index contributed by atoms with van der Waals surface area (Å²) in [6.45, 7) is 3.07. The van der Waals surface area contributed by atoms with Gasteiger partial charge in [-0.2, -0.15) is 0 Å². The molecule has 0 atom stereocenters. The third-order valence-electron chi connectivity index (χ3n) is 5.42. The van der Waals surface area contributed by atoms with Gasteiger partial charge in [-0.15, -0.1) is 0 Å². The van der Waals surface area contributed by atoms with Gasteiger partial charge in [-0.25, -0.2) is 4.98 Å². The van der Waals surface area contributed by atoms with Crippen LogP contribution in [0.5, 0.6) is 0 Å². The number of hydrogen-bond acceptors (Lipinski definition) is 2. The zero-order valence-electron chi connectivity index (χ0n) is 17.6. The van der Waals surface area contributed by atoms with Crippen LogP contribution in [0, 0.1) is 0 Å². The van der Waals surface area contributed by atoms with E-state index in [9.17, 15) is 0 Å². The monoisotopic (exact) mass is 395 g/mol. The van der Waals surface area contributed by atoms with Crippen molar-refractivity contribution in [1.29, 1.82) is 0 Å². The van der Waals surface area contributed by atoms with Crippen LogP contribution in [0.3, 0.4) is 0 Å². The maximum absolute atomic E-state index is 4.79. The molecular weight excluding hydrogens is 366 g/mol. The molecule has 3 aromatic carbocycles. The maximum atomic E-state index is 4.79. The summed E-state index contributed by atoms with van der Waals surface area (Å²) in [4.78, 5) is 7.18. The normalized spacial score (nSPS) is 11.1. The minimum absolute atomic E-state index is 0.975. The molecule has 0 spiro atoms. The van der Waals surface area contributed by atoms with Crippen molar-refractivity contribution >= 4 is 0 Å². The SMILES string of the molecule is CN(CCCCn1cnc(-c2ccccc2)c1-c1ccccc1)Cc1ccccc1. The van der Waals surface area contributed by atoms with Gasteiger partial charge in [-0.1, -0.05) is 91.0 Å². The summed E-state index contributed by atoms with van der Waals surface area (Å²) in [7, 11) is 2.20. The van der Waals surface area contributed by atoms with E-state index in [4.69, 9.17) is 4.98 Å². The van der Waals surface area contributed by atoms with Gasteiger partial charge in [-0.05, 0) is 32.0 Å². The lowest BCUT2D eigenvalue weighted by Gasteiger charge is -2.17. The molecule has 0 saturated heterocycles. The first-order valence-electron chi connectivity index (χ1n) is 10.7. The molecule has 0 amide bonds. The Morgan fingerprint density at radius 1 is 0.733 bits per heavy atom. The zero-order chi connectivity index (χ0) is 20.6. The molecule has 1 heterocycles. The second-order valence-electron chi connectivity index (χ2n) is 7.80. The average Bonchev–Trinajstić information content (AvgIpc) is 3.22. The van der Waals surface area contributed by atoms with Gasteiger partial charge in [-0.3, -0.25) is 0 Å². The summed E-state index contributed by atoms with van der Waals surface area (Å²) in [6, 6.07) is 31.8. The molecule has 1 aromatic heterocycles. The lowest BCUT2D eigenvalue weighted by atomic mass is 10.0. The zero-order valence-corrected chi connectivity index (χ0v) is 17.6. The number of aromatic nitrogens is 2. The van der Waals surface area contributed by atoms with Crippen molar-refractivity contribution in [3.63, 3.8) is 0 Å². The van der Waals surface area contributed by atoms with Crippen LogP contribution in [0.25, 0.3) is 22.5 Å². The first-order chi connectivity index (χ1) is 14.8. The summed E-state index contributed by atoms with van der Waals surface area (Å²) in [5.41, 5.74) is 6.02. The molecule has 0 radical (unpaired) electrons. The Morgan fingerprint density at radius 2 is 1.33 bits per heavy atom. The predicted molar refractivity (Wildman–Crippen MR) is 125 cm³/mol. The van der Waals surface area contributed by atoms with Crippen LogP contribution in [0.15, 0.2) is 97.3 Å². The summed E-state index contributed by atoms with van der Waals surface area (Å²) >= 11 is 0. The number of benzene rings is 3. The molecule has 0 unspecified atom stereocenters. The molecule has 0 aliphatic carbocycles. The van der Waals surface area contributed by atoms with Crippen molar-refractivity contribution in [3.8, 4) is 22.5 Å². The summed E-state index contributed by atoms with van der Waals surface area (Å²) in [5.74, 6) is 0. The van der Waals surface area contributed by atoms with Crippen molar-refractivity contribution in [2.45, 2.75) is 25.9 Å². The van der Waals surface area contributed by atoms with Crippen LogP contribution < -0.4 is 0 Å². The van der Waals surface area contributed by atoms with E-state index in [0.717, 1.165) is 43.7 Å². The van der Waals surface area contributed by atoms with Crippen molar-refractivity contribution in [1.82, 2.24) is 14.5 Å². The molecule has 0 N–H and O–H groups in total. The van der Waals surface area contributed by atoms with Gasteiger partial charge in [0.2, 0.25) is 0 Å². The second-order valence-corrected chi connectivity index (χ2v) is 7.80. The van der Waals surface area contributed by atoms with E-state index >= 15 is 0 Å². The Kier molecular flexibility index (Phi) is 6.73. The maximum Gasteiger partial charge on any atom is 0.0963 e.